The van der Waals surface area contributed by atoms with Crippen molar-refractivity contribution < 1.29 is 19.2 Å². The number of nitro groups is 1. The summed E-state index contributed by atoms with van der Waals surface area (Å²) in [4.78, 5) is 18.8. The van der Waals surface area contributed by atoms with Crippen LogP contribution in [0.1, 0.15) is 5.69 Å². The summed E-state index contributed by atoms with van der Waals surface area (Å²) in [7, 11) is 1.42. The quantitative estimate of drug-likeness (QED) is 0.372. The summed E-state index contributed by atoms with van der Waals surface area (Å²) in [5.74, 6) is 0.104. The maximum Gasteiger partial charge on any atom is 0.312 e. The Kier molecular flexibility index (Phi) is 4.99. The summed E-state index contributed by atoms with van der Waals surface area (Å²) in [6.07, 6.45) is 1.20. The van der Waals surface area contributed by atoms with Crippen LogP contribution in [0.4, 0.5) is 11.4 Å². The number of aromatic nitrogens is 1. The molecule has 132 valence electrons. The number of methoxy groups -OCH3 is 1. The average Bonchev–Trinajstić information content (AvgIpc) is 3.00. The SMILES string of the molecule is COc1ccc(N=Cc2nc(-c3ccccc3Br)oc2O)c([N+](=O)[O-])c1. The predicted molar refractivity (Wildman–Crippen MR) is 98.2 cm³/mol. The van der Waals surface area contributed by atoms with Gasteiger partial charge in [-0.3, -0.25) is 10.1 Å². The van der Waals surface area contributed by atoms with Gasteiger partial charge in [0, 0.05) is 4.47 Å². The zero-order valence-electron chi connectivity index (χ0n) is 13.4. The van der Waals surface area contributed by atoms with Crippen LogP contribution >= 0.6 is 15.9 Å². The third kappa shape index (κ3) is 3.57. The molecule has 0 fully saturated rings. The van der Waals surface area contributed by atoms with Gasteiger partial charge in [0.05, 0.1) is 29.9 Å². The van der Waals surface area contributed by atoms with Crippen molar-refractivity contribution in [2.75, 3.05) is 7.11 Å². The summed E-state index contributed by atoms with van der Waals surface area (Å²) in [6.45, 7) is 0. The molecule has 3 aromatic rings. The van der Waals surface area contributed by atoms with Gasteiger partial charge < -0.3 is 14.3 Å². The standard InChI is InChI=1S/C17H12BrN3O5/c1-25-10-6-7-13(15(8-10)21(23)24)19-9-14-17(22)26-16(20-14)11-4-2-3-5-12(11)18/h2-9,22H,1H3. The molecule has 0 saturated heterocycles. The Morgan fingerprint density at radius 2 is 2.12 bits per heavy atom. The van der Waals surface area contributed by atoms with Crippen molar-refractivity contribution in [3.63, 3.8) is 0 Å². The number of halogens is 1. The van der Waals surface area contributed by atoms with E-state index in [1.807, 2.05) is 12.1 Å². The van der Waals surface area contributed by atoms with E-state index in [-0.39, 0.29) is 23.0 Å². The van der Waals surface area contributed by atoms with Crippen LogP contribution in [0.3, 0.4) is 0 Å². The summed E-state index contributed by atoms with van der Waals surface area (Å²) < 4.78 is 11.0. The molecule has 0 aliphatic heterocycles. The van der Waals surface area contributed by atoms with E-state index in [2.05, 4.69) is 25.9 Å². The number of nitrogens with zero attached hydrogens (tertiary/aromatic N) is 3. The fourth-order valence-corrected chi connectivity index (χ4v) is 2.63. The maximum absolute atomic E-state index is 11.2. The number of aliphatic imine (C=N–C) groups is 1. The Labute approximate surface area is 156 Å². The smallest absolute Gasteiger partial charge is 0.312 e. The number of ether oxygens (including phenoxy) is 1. The number of nitro benzene ring substituents is 1. The minimum absolute atomic E-state index is 0.0564. The maximum atomic E-state index is 11.2. The Bertz CT molecular complexity index is 1000. The molecule has 0 aliphatic rings. The van der Waals surface area contributed by atoms with Gasteiger partial charge in [0.2, 0.25) is 5.89 Å². The van der Waals surface area contributed by atoms with Gasteiger partial charge in [0.25, 0.3) is 5.69 Å². The van der Waals surface area contributed by atoms with E-state index in [9.17, 15) is 15.2 Å². The van der Waals surface area contributed by atoms with Gasteiger partial charge in [0.15, 0.2) is 5.69 Å². The Morgan fingerprint density at radius 3 is 2.81 bits per heavy atom. The number of rotatable bonds is 5. The molecule has 9 heteroatoms. The van der Waals surface area contributed by atoms with Crippen molar-refractivity contribution in [2.45, 2.75) is 0 Å². The summed E-state index contributed by atoms with van der Waals surface area (Å²) >= 11 is 3.38. The Morgan fingerprint density at radius 1 is 1.35 bits per heavy atom. The Balaban J connectivity index is 1.95. The molecule has 1 N–H and O–H groups in total. The third-order valence-electron chi connectivity index (χ3n) is 3.44. The van der Waals surface area contributed by atoms with Crippen LogP contribution in [0.5, 0.6) is 11.7 Å². The number of aromatic hydroxyl groups is 1. The lowest BCUT2D eigenvalue weighted by atomic mass is 10.2. The molecule has 3 rings (SSSR count). The molecule has 8 nitrogen and oxygen atoms in total. The number of hydrogen-bond donors (Lipinski definition) is 1. The number of benzene rings is 2. The molecule has 0 spiro atoms. The van der Waals surface area contributed by atoms with Crippen molar-refractivity contribution in [3.05, 3.63) is 62.7 Å². The second-order valence-corrected chi connectivity index (χ2v) is 5.91. The zero-order valence-corrected chi connectivity index (χ0v) is 15.0. The molecule has 0 bridgehead atoms. The van der Waals surface area contributed by atoms with E-state index in [0.717, 1.165) is 4.47 Å². The van der Waals surface area contributed by atoms with Crippen LogP contribution in [0.15, 0.2) is 56.3 Å². The lowest BCUT2D eigenvalue weighted by Gasteiger charge is -2.01. The molecule has 26 heavy (non-hydrogen) atoms. The minimum atomic E-state index is -0.565. The predicted octanol–water partition coefficient (Wildman–Crippen LogP) is 4.48. The zero-order chi connectivity index (χ0) is 18.7. The average molecular weight is 418 g/mol. The summed E-state index contributed by atoms with van der Waals surface area (Å²) in [5, 5.41) is 21.1. The molecule has 0 unspecified atom stereocenters. The van der Waals surface area contributed by atoms with Gasteiger partial charge in [0.1, 0.15) is 11.4 Å². The first-order chi connectivity index (χ1) is 12.5. The van der Waals surface area contributed by atoms with Crippen molar-refractivity contribution in [1.82, 2.24) is 4.98 Å². The second-order valence-electron chi connectivity index (χ2n) is 5.06. The highest BCUT2D eigenvalue weighted by molar-refractivity contribution is 9.10. The lowest BCUT2D eigenvalue weighted by Crippen LogP contribution is -1.91. The van der Waals surface area contributed by atoms with Crippen LogP contribution in [-0.2, 0) is 0 Å². The molecule has 2 aromatic carbocycles. The second kappa shape index (κ2) is 7.36. The van der Waals surface area contributed by atoms with Gasteiger partial charge in [-0.15, -0.1) is 0 Å². The van der Waals surface area contributed by atoms with Crippen molar-refractivity contribution >= 4 is 33.5 Å². The van der Waals surface area contributed by atoms with E-state index in [0.29, 0.717) is 11.3 Å². The molecule has 0 amide bonds. The highest BCUT2D eigenvalue weighted by Crippen LogP contribution is 2.33. The first kappa shape index (κ1) is 17.6. The molecule has 0 saturated carbocycles. The number of hydrogen-bond acceptors (Lipinski definition) is 7. The first-order valence-corrected chi connectivity index (χ1v) is 8.10. The van der Waals surface area contributed by atoms with Gasteiger partial charge in [-0.2, -0.15) is 0 Å². The highest BCUT2D eigenvalue weighted by Gasteiger charge is 2.17. The van der Waals surface area contributed by atoms with Crippen LogP contribution < -0.4 is 4.74 Å². The molecule has 0 radical (unpaired) electrons. The van der Waals surface area contributed by atoms with Crippen LogP contribution in [0.25, 0.3) is 11.5 Å². The van der Waals surface area contributed by atoms with Gasteiger partial charge >= 0.3 is 5.95 Å². The third-order valence-corrected chi connectivity index (χ3v) is 4.14. The van der Waals surface area contributed by atoms with E-state index in [1.54, 1.807) is 18.2 Å². The van der Waals surface area contributed by atoms with Crippen LogP contribution in [0, 0.1) is 10.1 Å². The largest absolute Gasteiger partial charge is 0.496 e. The van der Waals surface area contributed by atoms with E-state index in [1.165, 1.54) is 25.5 Å². The van der Waals surface area contributed by atoms with Crippen LogP contribution in [-0.4, -0.2) is 28.3 Å². The normalized spacial score (nSPS) is 11.0. The first-order valence-electron chi connectivity index (χ1n) is 7.31. The van der Waals surface area contributed by atoms with Crippen molar-refractivity contribution in [2.24, 2.45) is 4.99 Å². The van der Waals surface area contributed by atoms with Crippen molar-refractivity contribution in [3.8, 4) is 23.1 Å². The summed E-state index contributed by atoms with van der Waals surface area (Å²) in [6, 6.07) is 11.5. The van der Waals surface area contributed by atoms with E-state index in [4.69, 9.17) is 9.15 Å². The molecular weight excluding hydrogens is 406 g/mol. The topological polar surface area (TPSA) is 111 Å². The highest BCUT2D eigenvalue weighted by atomic mass is 79.9. The molecule has 1 heterocycles. The molecule has 0 aliphatic carbocycles. The molecule has 1 aromatic heterocycles. The minimum Gasteiger partial charge on any atom is -0.496 e. The lowest BCUT2D eigenvalue weighted by molar-refractivity contribution is -0.384. The molecular formula is C17H12BrN3O5. The van der Waals surface area contributed by atoms with Gasteiger partial charge in [-0.05, 0) is 40.2 Å². The summed E-state index contributed by atoms with van der Waals surface area (Å²) in [5.41, 5.74) is 0.578. The van der Waals surface area contributed by atoms with Crippen molar-refractivity contribution in [1.29, 1.82) is 0 Å². The fourth-order valence-electron chi connectivity index (χ4n) is 2.17. The molecule has 0 atom stereocenters. The van der Waals surface area contributed by atoms with Gasteiger partial charge in [-0.1, -0.05) is 12.1 Å². The van der Waals surface area contributed by atoms with E-state index >= 15 is 0 Å². The monoisotopic (exact) mass is 417 g/mol. The van der Waals surface area contributed by atoms with E-state index < -0.39 is 10.9 Å². The van der Waals surface area contributed by atoms with Gasteiger partial charge in [-0.25, -0.2) is 9.98 Å². The fraction of sp³-hybridized carbons (Fsp3) is 0.0588. The number of oxazole rings is 1. The van der Waals surface area contributed by atoms with Crippen LogP contribution in [0.2, 0.25) is 0 Å². The Hall–Kier alpha value is -3.20.